The number of benzene rings is 2. The minimum Gasteiger partial charge on any atom is -0.508 e. The SMILES string of the molecule is N#Cc1ccc(O)c(C2COC3(CCCN[C@H]3c3ccccc3)C2)c1. The van der Waals surface area contributed by atoms with Crippen LogP contribution in [0.2, 0.25) is 0 Å². The van der Waals surface area contributed by atoms with Gasteiger partial charge < -0.3 is 15.2 Å². The van der Waals surface area contributed by atoms with E-state index in [1.807, 2.05) is 6.07 Å². The van der Waals surface area contributed by atoms with Gasteiger partial charge in [-0.05, 0) is 49.6 Å². The van der Waals surface area contributed by atoms with Crippen LogP contribution < -0.4 is 5.32 Å². The van der Waals surface area contributed by atoms with Crippen molar-refractivity contribution in [2.24, 2.45) is 0 Å². The van der Waals surface area contributed by atoms with Crippen LogP contribution in [0.1, 0.15) is 47.9 Å². The zero-order valence-electron chi connectivity index (χ0n) is 14.1. The highest BCUT2D eigenvalue weighted by Gasteiger charge is 2.48. The Hall–Kier alpha value is -2.35. The smallest absolute Gasteiger partial charge is 0.119 e. The maximum absolute atomic E-state index is 10.3. The van der Waals surface area contributed by atoms with Crippen molar-refractivity contribution in [2.45, 2.75) is 36.8 Å². The van der Waals surface area contributed by atoms with Gasteiger partial charge in [0.1, 0.15) is 5.75 Å². The fourth-order valence-electron chi connectivity index (χ4n) is 4.36. The lowest BCUT2D eigenvalue weighted by molar-refractivity contribution is -0.0484. The van der Waals surface area contributed by atoms with Gasteiger partial charge in [0, 0.05) is 11.5 Å². The molecule has 0 bridgehead atoms. The largest absolute Gasteiger partial charge is 0.508 e. The van der Waals surface area contributed by atoms with Crippen molar-refractivity contribution in [1.29, 1.82) is 5.26 Å². The first kappa shape index (κ1) is 16.1. The highest BCUT2D eigenvalue weighted by atomic mass is 16.5. The molecule has 2 aromatic carbocycles. The third-order valence-electron chi connectivity index (χ3n) is 5.54. The van der Waals surface area contributed by atoms with Gasteiger partial charge in [0.25, 0.3) is 0 Å². The normalized spacial score (nSPS) is 28.8. The number of rotatable bonds is 2. The van der Waals surface area contributed by atoms with E-state index in [2.05, 4.69) is 35.7 Å². The molecule has 1 spiro atoms. The molecule has 4 nitrogen and oxygen atoms in total. The molecule has 25 heavy (non-hydrogen) atoms. The standard InChI is InChI=1S/C21H22N2O2/c22-13-15-7-8-19(24)18(11-15)17-12-21(25-14-17)9-4-10-23-20(21)16-5-2-1-3-6-16/h1-3,5-8,11,17,20,23-24H,4,9-10,12,14H2/t17?,20-,21?/m0/s1. The molecule has 0 radical (unpaired) electrons. The number of nitrogens with zero attached hydrogens (tertiary/aromatic N) is 1. The van der Waals surface area contributed by atoms with E-state index in [1.165, 1.54) is 5.56 Å². The number of ether oxygens (including phenoxy) is 1. The lowest BCUT2D eigenvalue weighted by Gasteiger charge is -2.41. The number of piperidine rings is 1. The maximum Gasteiger partial charge on any atom is 0.119 e. The van der Waals surface area contributed by atoms with Crippen molar-refractivity contribution in [2.75, 3.05) is 13.2 Å². The minimum absolute atomic E-state index is 0.111. The molecule has 2 aromatic rings. The number of hydrogen-bond acceptors (Lipinski definition) is 4. The number of hydrogen-bond donors (Lipinski definition) is 2. The third-order valence-corrected chi connectivity index (χ3v) is 5.54. The molecular formula is C21H22N2O2. The lowest BCUT2D eigenvalue weighted by atomic mass is 9.76. The summed E-state index contributed by atoms with van der Waals surface area (Å²) >= 11 is 0. The fraction of sp³-hybridized carbons (Fsp3) is 0.381. The molecule has 4 heteroatoms. The Bertz CT molecular complexity index is 799. The monoisotopic (exact) mass is 334 g/mol. The van der Waals surface area contributed by atoms with Gasteiger partial charge in [-0.1, -0.05) is 30.3 Å². The second-order valence-electron chi connectivity index (χ2n) is 7.06. The Morgan fingerprint density at radius 2 is 2.04 bits per heavy atom. The molecule has 128 valence electrons. The van der Waals surface area contributed by atoms with E-state index < -0.39 is 0 Å². The highest BCUT2D eigenvalue weighted by Crippen LogP contribution is 2.49. The fourth-order valence-corrected chi connectivity index (χ4v) is 4.36. The topological polar surface area (TPSA) is 65.3 Å². The summed E-state index contributed by atoms with van der Waals surface area (Å²) in [6.07, 6.45) is 2.94. The molecule has 2 heterocycles. The number of nitrogens with one attached hydrogen (secondary N) is 1. The third kappa shape index (κ3) is 2.90. The predicted octanol–water partition coefficient (Wildman–Crippen LogP) is 3.63. The summed E-state index contributed by atoms with van der Waals surface area (Å²) in [7, 11) is 0. The Kier molecular flexibility index (Phi) is 4.20. The van der Waals surface area contributed by atoms with Gasteiger partial charge in [0.15, 0.2) is 0 Å². The average molecular weight is 334 g/mol. The van der Waals surface area contributed by atoms with Gasteiger partial charge in [-0.25, -0.2) is 0 Å². The molecule has 0 saturated carbocycles. The van der Waals surface area contributed by atoms with Crippen LogP contribution in [0.15, 0.2) is 48.5 Å². The molecule has 2 N–H and O–H groups in total. The summed E-state index contributed by atoms with van der Waals surface area (Å²) in [5.74, 6) is 0.365. The summed E-state index contributed by atoms with van der Waals surface area (Å²) in [5, 5.41) is 23.1. The molecule has 2 unspecified atom stereocenters. The minimum atomic E-state index is -0.251. The lowest BCUT2D eigenvalue weighted by Crippen LogP contribution is -2.48. The molecule has 2 fully saturated rings. The summed E-state index contributed by atoms with van der Waals surface area (Å²) in [6, 6.07) is 17.8. The first-order chi connectivity index (χ1) is 12.2. The Morgan fingerprint density at radius 1 is 1.20 bits per heavy atom. The van der Waals surface area contributed by atoms with E-state index >= 15 is 0 Å². The molecule has 2 saturated heterocycles. The van der Waals surface area contributed by atoms with Crippen LogP contribution in [0.5, 0.6) is 5.75 Å². The number of phenols is 1. The predicted molar refractivity (Wildman–Crippen MR) is 95.3 cm³/mol. The van der Waals surface area contributed by atoms with Crippen molar-refractivity contribution in [3.63, 3.8) is 0 Å². The van der Waals surface area contributed by atoms with Crippen molar-refractivity contribution in [3.8, 4) is 11.8 Å². The van der Waals surface area contributed by atoms with E-state index in [1.54, 1.807) is 18.2 Å². The molecule has 0 amide bonds. The molecule has 0 aliphatic carbocycles. The van der Waals surface area contributed by atoms with Crippen molar-refractivity contribution in [3.05, 3.63) is 65.2 Å². The van der Waals surface area contributed by atoms with E-state index in [0.717, 1.165) is 31.4 Å². The molecular weight excluding hydrogens is 312 g/mol. The second-order valence-corrected chi connectivity index (χ2v) is 7.06. The van der Waals surface area contributed by atoms with Crippen molar-refractivity contribution >= 4 is 0 Å². The number of nitriles is 1. The first-order valence-electron chi connectivity index (χ1n) is 8.87. The Labute approximate surface area is 148 Å². The van der Waals surface area contributed by atoms with E-state index in [-0.39, 0.29) is 23.3 Å². The number of aromatic hydroxyl groups is 1. The Balaban J connectivity index is 1.65. The Morgan fingerprint density at radius 3 is 2.84 bits per heavy atom. The summed E-state index contributed by atoms with van der Waals surface area (Å²) in [4.78, 5) is 0. The number of phenolic OH excluding ortho intramolecular Hbond substituents is 1. The molecule has 4 rings (SSSR count). The zero-order chi connectivity index (χ0) is 17.3. The van der Waals surface area contributed by atoms with Crippen LogP contribution in [-0.2, 0) is 4.74 Å². The molecule has 0 aromatic heterocycles. The van der Waals surface area contributed by atoms with Crippen molar-refractivity contribution < 1.29 is 9.84 Å². The summed E-state index contributed by atoms with van der Waals surface area (Å²) in [6.45, 7) is 1.57. The van der Waals surface area contributed by atoms with E-state index in [9.17, 15) is 5.11 Å². The van der Waals surface area contributed by atoms with Gasteiger partial charge in [-0.15, -0.1) is 0 Å². The molecule has 2 aliphatic rings. The van der Waals surface area contributed by atoms with Crippen LogP contribution in [0.3, 0.4) is 0 Å². The van der Waals surface area contributed by atoms with Crippen LogP contribution in [0.4, 0.5) is 0 Å². The zero-order valence-corrected chi connectivity index (χ0v) is 14.1. The van der Waals surface area contributed by atoms with E-state index in [4.69, 9.17) is 10.00 Å². The van der Waals surface area contributed by atoms with Crippen LogP contribution >= 0.6 is 0 Å². The average Bonchev–Trinajstić information content (AvgIpc) is 3.07. The van der Waals surface area contributed by atoms with Crippen molar-refractivity contribution in [1.82, 2.24) is 5.32 Å². The second kappa shape index (κ2) is 6.51. The highest BCUT2D eigenvalue weighted by molar-refractivity contribution is 5.44. The first-order valence-corrected chi connectivity index (χ1v) is 8.87. The van der Waals surface area contributed by atoms with E-state index in [0.29, 0.717) is 12.2 Å². The van der Waals surface area contributed by atoms with Crippen LogP contribution in [0, 0.1) is 11.3 Å². The molecule has 2 aliphatic heterocycles. The van der Waals surface area contributed by atoms with Gasteiger partial charge in [0.2, 0.25) is 0 Å². The quantitative estimate of drug-likeness (QED) is 0.880. The van der Waals surface area contributed by atoms with Crippen LogP contribution in [-0.4, -0.2) is 23.9 Å². The van der Waals surface area contributed by atoms with Gasteiger partial charge >= 0.3 is 0 Å². The van der Waals surface area contributed by atoms with Gasteiger partial charge in [0.05, 0.1) is 29.9 Å². The van der Waals surface area contributed by atoms with Gasteiger partial charge in [-0.2, -0.15) is 5.26 Å². The van der Waals surface area contributed by atoms with Gasteiger partial charge in [-0.3, -0.25) is 0 Å². The summed E-state index contributed by atoms with van der Waals surface area (Å²) < 4.78 is 6.39. The maximum atomic E-state index is 10.3. The van der Waals surface area contributed by atoms with Crippen LogP contribution in [0.25, 0.3) is 0 Å². The molecule has 3 atom stereocenters. The summed E-state index contributed by atoms with van der Waals surface area (Å²) in [5.41, 5.74) is 2.40.